The molecule has 1 heterocycles. The van der Waals surface area contributed by atoms with E-state index in [0.29, 0.717) is 22.8 Å². The third kappa shape index (κ3) is 3.96. The molecule has 0 unspecified atom stereocenters. The number of carbonyl (C=O) groups is 1. The van der Waals surface area contributed by atoms with Crippen LogP contribution in [0.15, 0.2) is 30.6 Å². The summed E-state index contributed by atoms with van der Waals surface area (Å²) < 4.78 is 14.5. The van der Waals surface area contributed by atoms with Gasteiger partial charge in [-0.05, 0) is 23.8 Å². The van der Waals surface area contributed by atoms with Gasteiger partial charge in [0.1, 0.15) is 12.4 Å². The first kappa shape index (κ1) is 13.4. The molecule has 1 aromatic carbocycles. The number of amides is 1. The van der Waals surface area contributed by atoms with Gasteiger partial charge in [0, 0.05) is 17.8 Å². The molecular weight excluding hydrogens is 271 g/mol. The molecule has 2 aromatic rings. The number of nitrogens with one attached hydrogen (secondary N) is 1. The van der Waals surface area contributed by atoms with Crippen molar-refractivity contribution in [2.45, 2.75) is 13.1 Å². The van der Waals surface area contributed by atoms with Crippen molar-refractivity contribution in [3.05, 3.63) is 47.0 Å². The van der Waals surface area contributed by atoms with Crippen LogP contribution in [0.4, 0.5) is 10.1 Å². The van der Waals surface area contributed by atoms with Crippen LogP contribution in [0.3, 0.4) is 0 Å². The summed E-state index contributed by atoms with van der Waals surface area (Å²) in [5, 5.41) is 7.35. The van der Waals surface area contributed by atoms with Crippen LogP contribution in [0.25, 0.3) is 0 Å². The van der Waals surface area contributed by atoms with Gasteiger partial charge in [-0.1, -0.05) is 11.6 Å². The van der Waals surface area contributed by atoms with Crippen LogP contribution in [0.2, 0.25) is 5.02 Å². The Kier molecular flexibility index (Phi) is 4.01. The molecular formula is C12H12ClFN4O. The first-order valence-corrected chi connectivity index (χ1v) is 5.90. The summed E-state index contributed by atoms with van der Waals surface area (Å²) in [6.45, 7) is 0.424. The second-order valence-corrected chi connectivity index (χ2v) is 4.46. The Morgan fingerprint density at radius 1 is 1.47 bits per heavy atom. The third-order valence-electron chi connectivity index (χ3n) is 2.37. The molecule has 3 N–H and O–H groups in total. The zero-order chi connectivity index (χ0) is 13.8. The van der Waals surface area contributed by atoms with E-state index in [-0.39, 0.29) is 12.4 Å². The lowest BCUT2D eigenvalue weighted by molar-refractivity contribution is -0.118. The van der Waals surface area contributed by atoms with E-state index in [1.54, 1.807) is 18.5 Å². The number of carbonyl (C=O) groups excluding carboxylic acids is 1. The summed E-state index contributed by atoms with van der Waals surface area (Å²) in [6.07, 6.45) is 3.20. The normalized spacial score (nSPS) is 10.4. The molecule has 0 spiro atoms. The lowest BCUT2D eigenvalue weighted by atomic mass is 10.2. The van der Waals surface area contributed by atoms with Crippen LogP contribution in [0, 0.1) is 5.82 Å². The smallest absolute Gasteiger partial charge is 0.239 e. The van der Waals surface area contributed by atoms with Gasteiger partial charge in [0.05, 0.1) is 11.9 Å². The number of primary amides is 1. The van der Waals surface area contributed by atoms with E-state index in [1.165, 1.54) is 16.8 Å². The molecule has 0 aliphatic heterocycles. The van der Waals surface area contributed by atoms with E-state index in [1.807, 2.05) is 0 Å². The fourth-order valence-corrected chi connectivity index (χ4v) is 1.86. The molecule has 0 fully saturated rings. The SMILES string of the molecule is NC(=O)Cn1cc(NCc2cc(F)cc(Cl)c2)cn1. The van der Waals surface area contributed by atoms with E-state index in [9.17, 15) is 9.18 Å². The Morgan fingerprint density at radius 3 is 2.95 bits per heavy atom. The molecule has 1 amide bonds. The van der Waals surface area contributed by atoms with Gasteiger partial charge >= 0.3 is 0 Å². The lowest BCUT2D eigenvalue weighted by Crippen LogP contribution is -2.18. The Bertz CT molecular complexity index is 579. The number of aromatic nitrogens is 2. The van der Waals surface area contributed by atoms with Crippen LogP contribution in [-0.2, 0) is 17.9 Å². The average molecular weight is 283 g/mol. The molecule has 0 radical (unpaired) electrons. The number of anilines is 1. The second-order valence-electron chi connectivity index (χ2n) is 4.02. The van der Waals surface area contributed by atoms with Crippen molar-refractivity contribution in [1.29, 1.82) is 0 Å². The van der Waals surface area contributed by atoms with Crippen LogP contribution in [0.5, 0.6) is 0 Å². The third-order valence-corrected chi connectivity index (χ3v) is 2.59. The Labute approximate surface area is 114 Å². The fraction of sp³-hybridized carbons (Fsp3) is 0.167. The number of nitrogens with two attached hydrogens (primary N) is 1. The fourth-order valence-electron chi connectivity index (χ4n) is 1.62. The Balaban J connectivity index is 1.98. The van der Waals surface area contributed by atoms with E-state index in [2.05, 4.69) is 10.4 Å². The molecule has 0 saturated heterocycles. The second kappa shape index (κ2) is 5.71. The topological polar surface area (TPSA) is 72.9 Å². The molecule has 5 nitrogen and oxygen atoms in total. The van der Waals surface area contributed by atoms with Crippen molar-refractivity contribution in [3.8, 4) is 0 Å². The maximum absolute atomic E-state index is 13.1. The summed E-state index contributed by atoms with van der Waals surface area (Å²) in [7, 11) is 0. The maximum atomic E-state index is 13.1. The van der Waals surface area contributed by atoms with Gasteiger partial charge in [-0.2, -0.15) is 5.10 Å². The van der Waals surface area contributed by atoms with E-state index in [0.717, 1.165) is 0 Å². The summed E-state index contributed by atoms with van der Waals surface area (Å²) in [5.41, 5.74) is 6.48. The van der Waals surface area contributed by atoms with E-state index < -0.39 is 5.91 Å². The van der Waals surface area contributed by atoms with Gasteiger partial charge in [-0.25, -0.2) is 4.39 Å². The summed E-state index contributed by atoms with van der Waals surface area (Å²) >= 11 is 5.76. The van der Waals surface area contributed by atoms with Gasteiger partial charge in [-0.3, -0.25) is 9.48 Å². The Hall–Kier alpha value is -2.08. The van der Waals surface area contributed by atoms with E-state index in [4.69, 9.17) is 17.3 Å². The standard InChI is InChI=1S/C12H12ClFN4O/c13-9-1-8(2-10(14)3-9)4-16-11-5-17-18(6-11)7-12(15)19/h1-3,5-6,16H,4,7H2,(H2,15,19). The molecule has 7 heteroatoms. The van der Waals surface area contributed by atoms with Gasteiger partial charge in [0.15, 0.2) is 0 Å². The van der Waals surface area contributed by atoms with Crippen LogP contribution < -0.4 is 11.1 Å². The minimum Gasteiger partial charge on any atom is -0.378 e. The predicted octanol–water partition coefficient (Wildman–Crippen LogP) is 1.77. The maximum Gasteiger partial charge on any atom is 0.239 e. The highest BCUT2D eigenvalue weighted by molar-refractivity contribution is 6.30. The monoisotopic (exact) mass is 282 g/mol. The van der Waals surface area contributed by atoms with Crippen molar-refractivity contribution in [2.75, 3.05) is 5.32 Å². The van der Waals surface area contributed by atoms with Crippen molar-refractivity contribution in [1.82, 2.24) is 9.78 Å². The van der Waals surface area contributed by atoms with Crippen LogP contribution in [-0.4, -0.2) is 15.7 Å². The predicted molar refractivity (Wildman–Crippen MR) is 70.2 cm³/mol. The van der Waals surface area contributed by atoms with Crippen LogP contribution >= 0.6 is 11.6 Å². The molecule has 19 heavy (non-hydrogen) atoms. The van der Waals surface area contributed by atoms with Crippen LogP contribution in [0.1, 0.15) is 5.56 Å². The van der Waals surface area contributed by atoms with Gasteiger partial charge in [0.25, 0.3) is 0 Å². The molecule has 100 valence electrons. The number of hydrogen-bond acceptors (Lipinski definition) is 3. The van der Waals surface area contributed by atoms with Crippen molar-refractivity contribution < 1.29 is 9.18 Å². The number of hydrogen-bond donors (Lipinski definition) is 2. The average Bonchev–Trinajstić information content (AvgIpc) is 2.72. The largest absolute Gasteiger partial charge is 0.378 e. The number of nitrogens with zero attached hydrogens (tertiary/aromatic N) is 2. The molecule has 0 bridgehead atoms. The van der Waals surface area contributed by atoms with Crippen molar-refractivity contribution in [3.63, 3.8) is 0 Å². The van der Waals surface area contributed by atoms with Gasteiger partial charge in [0.2, 0.25) is 5.91 Å². The number of rotatable bonds is 5. The lowest BCUT2D eigenvalue weighted by Gasteiger charge is -2.04. The number of halogens is 2. The molecule has 0 saturated carbocycles. The van der Waals surface area contributed by atoms with Gasteiger partial charge < -0.3 is 11.1 Å². The quantitative estimate of drug-likeness (QED) is 0.878. The Morgan fingerprint density at radius 2 is 2.26 bits per heavy atom. The molecule has 2 rings (SSSR count). The summed E-state index contributed by atoms with van der Waals surface area (Å²) in [6, 6.07) is 4.31. The van der Waals surface area contributed by atoms with Crippen molar-refractivity contribution >= 4 is 23.2 Å². The van der Waals surface area contributed by atoms with E-state index >= 15 is 0 Å². The first-order chi connectivity index (χ1) is 9.02. The minimum atomic E-state index is -0.466. The first-order valence-electron chi connectivity index (χ1n) is 5.52. The molecule has 0 atom stereocenters. The molecule has 0 aliphatic rings. The highest BCUT2D eigenvalue weighted by Gasteiger charge is 2.03. The highest BCUT2D eigenvalue weighted by atomic mass is 35.5. The molecule has 0 aliphatic carbocycles. The summed E-state index contributed by atoms with van der Waals surface area (Å²) in [4.78, 5) is 10.7. The van der Waals surface area contributed by atoms with Crippen molar-refractivity contribution in [2.24, 2.45) is 5.73 Å². The molecule has 1 aromatic heterocycles. The summed E-state index contributed by atoms with van der Waals surface area (Å²) in [5.74, 6) is -0.847. The van der Waals surface area contributed by atoms with Gasteiger partial charge in [-0.15, -0.1) is 0 Å². The highest BCUT2D eigenvalue weighted by Crippen LogP contribution is 2.15. The zero-order valence-electron chi connectivity index (χ0n) is 9.94. The number of benzene rings is 1. The minimum absolute atomic E-state index is 0.0213. The zero-order valence-corrected chi connectivity index (χ0v) is 10.7.